The molecule has 3 saturated heterocycles. The highest BCUT2D eigenvalue weighted by atomic mass is 19.1. The Balaban J connectivity index is 1.01. The number of piperidine rings is 2. The third-order valence-corrected chi connectivity index (χ3v) is 8.94. The van der Waals surface area contributed by atoms with Crippen LogP contribution in [-0.2, 0) is 16.1 Å². The molecule has 2 aromatic carbocycles. The minimum absolute atomic E-state index is 0.155. The topological polar surface area (TPSA) is 119 Å². The summed E-state index contributed by atoms with van der Waals surface area (Å²) in [6, 6.07) is 9.78. The van der Waals surface area contributed by atoms with Gasteiger partial charge in [-0.2, -0.15) is 0 Å². The molecular formula is C30H35FN6O4. The van der Waals surface area contributed by atoms with Crippen molar-refractivity contribution in [2.24, 2.45) is 11.7 Å². The van der Waals surface area contributed by atoms with E-state index >= 15 is 0 Å². The molecule has 3 fully saturated rings. The molecule has 0 aromatic heterocycles. The van der Waals surface area contributed by atoms with E-state index in [0.717, 1.165) is 56.8 Å². The monoisotopic (exact) mass is 562 g/mol. The van der Waals surface area contributed by atoms with Crippen LogP contribution >= 0.6 is 0 Å². The average Bonchev–Trinajstić information content (AvgIpc) is 3.29. The van der Waals surface area contributed by atoms with Crippen molar-refractivity contribution in [1.82, 2.24) is 15.1 Å². The highest BCUT2D eigenvalue weighted by Gasteiger charge is 2.39. The number of hydrogen-bond donors (Lipinski definition) is 2. The Bertz CT molecular complexity index is 1380. The number of benzene rings is 2. The Labute approximate surface area is 238 Å². The van der Waals surface area contributed by atoms with Crippen molar-refractivity contribution >= 4 is 35.0 Å². The molecule has 0 bridgehead atoms. The summed E-state index contributed by atoms with van der Waals surface area (Å²) in [5, 5.41) is 2.35. The number of primary amides is 1. The molecule has 4 aliphatic heterocycles. The average molecular weight is 563 g/mol. The molecule has 10 nitrogen and oxygen atoms in total. The number of hydrogen-bond acceptors (Lipinski definition) is 7. The van der Waals surface area contributed by atoms with Crippen LogP contribution in [-0.4, -0.2) is 85.3 Å². The summed E-state index contributed by atoms with van der Waals surface area (Å²) < 4.78 is 14.6. The smallest absolute Gasteiger partial charge is 0.255 e. The van der Waals surface area contributed by atoms with E-state index in [2.05, 4.69) is 21.2 Å². The van der Waals surface area contributed by atoms with Crippen molar-refractivity contribution in [3.63, 3.8) is 0 Å². The lowest BCUT2D eigenvalue weighted by atomic mass is 9.94. The molecule has 4 amide bonds. The molecule has 1 atom stereocenters. The number of amides is 4. The van der Waals surface area contributed by atoms with Gasteiger partial charge in [0.15, 0.2) is 0 Å². The van der Waals surface area contributed by atoms with Gasteiger partial charge in [0.25, 0.3) is 11.8 Å². The molecular weight excluding hydrogens is 527 g/mol. The fourth-order valence-corrected chi connectivity index (χ4v) is 6.69. The van der Waals surface area contributed by atoms with E-state index in [1.807, 2.05) is 17.0 Å². The molecule has 0 radical (unpaired) electrons. The summed E-state index contributed by atoms with van der Waals surface area (Å²) in [5.41, 5.74) is 8.66. The van der Waals surface area contributed by atoms with Gasteiger partial charge >= 0.3 is 0 Å². The van der Waals surface area contributed by atoms with E-state index in [9.17, 15) is 23.6 Å². The summed E-state index contributed by atoms with van der Waals surface area (Å²) in [7, 11) is 0. The first-order valence-corrected chi connectivity index (χ1v) is 14.4. The first-order chi connectivity index (χ1) is 19.8. The number of nitrogens with one attached hydrogen (secondary N) is 1. The van der Waals surface area contributed by atoms with E-state index in [-0.39, 0.29) is 23.8 Å². The number of para-hydroxylation sites is 1. The highest BCUT2D eigenvalue weighted by Crippen LogP contribution is 2.32. The molecule has 6 rings (SSSR count). The zero-order valence-electron chi connectivity index (χ0n) is 23.0. The molecule has 0 unspecified atom stereocenters. The van der Waals surface area contributed by atoms with E-state index < -0.39 is 23.7 Å². The van der Waals surface area contributed by atoms with Crippen molar-refractivity contribution in [1.29, 1.82) is 0 Å². The molecule has 0 spiro atoms. The number of imide groups is 1. The molecule has 0 saturated carbocycles. The van der Waals surface area contributed by atoms with E-state index in [1.54, 1.807) is 11.0 Å². The van der Waals surface area contributed by atoms with Gasteiger partial charge in [0.05, 0.1) is 11.3 Å². The van der Waals surface area contributed by atoms with E-state index in [1.165, 1.54) is 12.1 Å². The first kappa shape index (κ1) is 27.2. The largest absolute Gasteiger partial charge is 0.369 e. The van der Waals surface area contributed by atoms with E-state index in [4.69, 9.17) is 5.73 Å². The maximum Gasteiger partial charge on any atom is 0.255 e. The maximum atomic E-state index is 14.6. The summed E-state index contributed by atoms with van der Waals surface area (Å²) in [4.78, 5) is 57.0. The van der Waals surface area contributed by atoms with Crippen LogP contribution in [0.25, 0.3) is 0 Å². The number of halogens is 1. The number of rotatable bonds is 6. The Kier molecular flexibility index (Phi) is 7.37. The Morgan fingerprint density at radius 1 is 0.951 bits per heavy atom. The van der Waals surface area contributed by atoms with Crippen LogP contribution < -0.4 is 20.9 Å². The van der Waals surface area contributed by atoms with Crippen LogP contribution in [0.2, 0.25) is 0 Å². The predicted octanol–water partition coefficient (Wildman–Crippen LogP) is 1.72. The Hall–Kier alpha value is -3.99. The second-order valence-corrected chi connectivity index (χ2v) is 11.5. The van der Waals surface area contributed by atoms with Crippen LogP contribution in [0.5, 0.6) is 0 Å². The molecule has 216 valence electrons. The second-order valence-electron chi connectivity index (χ2n) is 11.5. The van der Waals surface area contributed by atoms with Crippen molar-refractivity contribution < 1.29 is 23.6 Å². The van der Waals surface area contributed by atoms with Gasteiger partial charge in [-0.15, -0.1) is 0 Å². The van der Waals surface area contributed by atoms with Gasteiger partial charge in [0.1, 0.15) is 11.9 Å². The van der Waals surface area contributed by atoms with Crippen molar-refractivity contribution in [2.75, 3.05) is 55.6 Å². The Morgan fingerprint density at radius 3 is 2.41 bits per heavy atom. The summed E-state index contributed by atoms with van der Waals surface area (Å²) in [6.45, 7) is 6.35. The van der Waals surface area contributed by atoms with Gasteiger partial charge in [-0.3, -0.25) is 29.4 Å². The minimum atomic E-state index is -0.610. The fourth-order valence-electron chi connectivity index (χ4n) is 6.69. The zero-order chi connectivity index (χ0) is 28.7. The van der Waals surface area contributed by atoms with Crippen LogP contribution in [0.1, 0.15) is 52.0 Å². The van der Waals surface area contributed by atoms with Gasteiger partial charge in [0, 0.05) is 70.0 Å². The molecule has 3 N–H and O–H groups in total. The highest BCUT2D eigenvalue weighted by molar-refractivity contribution is 6.05. The van der Waals surface area contributed by atoms with Gasteiger partial charge in [-0.25, -0.2) is 4.39 Å². The number of carbonyl (C=O) groups excluding carboxylic acids is 4. The lowest BCUT2D eigenvalue weighted by Crippen LogP contribution is -2.52. The van der Waals surface area contributed by atoms with E-state index in [0.29, 0.717) is 43.2 Å². The molecule has 11 heteroatoms. The minimum Gasteiger partial charge on any atom is -0.369 e. The van der Waals surface area contributed by atoms with Gasteiger partial charge in [0.2, 0.25) is 11.8 Å². The number of anilines is 2. The zero-order valence-corrected chi connectivity index (χ0v) is 23.0. The lowest BCUT2D eigenvalue weighted by molar-refractivity contribution is -0.136. The van der Waals surface area contributed by atoms with Crippen molar-refractivity contribution in [3.05, 3.63) is 58.9 Å². The van der Waals surface area contributed by atoms with Crippen LogP contribution in [0.15, 0.2) is 36.4 Å². The third kappa shape index (κ3) is 5.38. The maximum absolute atomic E-state index is 14.6. The van der Waals surface area contributed by atoms with Crippen molar-refractivity contribution in [3.8, 4) is 0 Å². The second kappa shape index (κ2) is 11.1. The standard InChI is InChI=1S/C30H35FN6O4/c31-24-3-1-2-23(28(32)39)27(24)36-10-8-19(9-11-36)17-34-12-14-35(15-13-34)21-4-5-22-20(16-21)18-37(30(22)41)25-6-7-26(38)33-29(25)40/h1-5,16,19,25H,6-15,17-18H2,(H2,32,39)(H,33,38,40)/t25-/m0/s1. The molecule has 4 heterocycles. The molecule has 4 aliphatic rings. The van der Waals surface area contributed by atoms with Crippen LogP contribution in [0.3, 0.4) is 0 Å². The number of nitrogens with two attached hydrogens (primary N) is 1. The van der Waals surface area contributed by atoms with Gasteiger partial charge < -0.3 is 20.4 Å². The number of nitrogens with zero attached hydrogens (tertiary/aromatic N) is 4. The lowest BCUT2D eigenvalue weighted by Gasteiger charge is -2.40. The first-order valence-electron chi connectivity index (χ1n) is 14.4. The number of fused-ring (bicyclic) bond motifs is 1. The van der Waals surface area contributed by atoms with Crippen molar-refractivity contribution in [2.45, 2.75) is 38.3 Å². The Morgan fingerprint density at radius 2 is 1.71 bits per heavy atom. The SMILES string of the molecule is NC(=O)c1cccc(F)c1N1CCC(CN2CCN(c3ccc4c(c3)CN([C@H]3CCC(=O)NC3=O)C4=O)CC2)CC1. The summed E-state index contributed by atoms with van der Waals surface area (Å²) in [6.07, 6.45) is 2.45. The quantitative estimate of drug-likeness (QED) is 0.515. The van der Waals surface area contributed by atoms with Gasteiger partial charge in [-0.05, 0) is 61.1 Å². The fraction of sp³-hybridized carbons (Fsp3) is 0.467. The summed E-state index contributed by atoms with van der Waals surface area (Å²) >= 11 is 0. The molecule has 0 aliphatic carbocycles. The molecule has 41 heavy (non-hydrogen) atoms. The van der Waals surface area contributed by atoms with Crippen LogP contribution in [0.4, 0.5) is 15.8 Å². The third-order valence-electron chi connectivity index (χ3n) is 8.94. The number of carbonyl (C=O) groups is 4. The predicted molar refractivity (Wildman–Crippen MR) is 151 cm³/mol. The molecule has 2 aromatic rings. The van der Waals surface area contributed by atoms with Crippen LogP contribution in [0, 0.1) is 11.7 Å². The summed E-state index contributed by atoms with van der Waals surface area (Å²) in [5.74, 6) is -1.35. The van der Waals surface area contributed by atoms with Gasteiger partial charge in [-0.1, -0.05) is 6.07 Å². The number of piperazine rings is 1. The normalized spacial score (nSPS) is 22.2.